The second-order valence-electron chi connectivity index (χ2n) is 4.70. The van der Waals surface area contributed by atoms with Crippen LogP contribution < -0.4 is 9.64 Å². The molecule has 1 N–H and O–H groups in total. The maximum atomic E-state index is 8.75. The van der Waals surface area contributed by atoms with Gasteiger partial charge in [-0.2, -0.15) is 0 Å². The minimum atomic E-state index is 0.149. The molecule has 0 radical (unpaired) electrons. The normalized spacial score (nSPS) is 10.7. The highest BCUT2D eigenvalue weighted by atomic mass is 16.5. The van der Waals surface area contributed by atoms with Crippen molar-refractivity contribution in [2.45, 2.75) is 39.2 Å². The van der Waals surface area contributed by atoms with Gasteiger partial charge < -0.3 is 14.7 Å². The average Bonchev–Trinajstić information content (AvgIpc) is 2.34. The second kappa shape index (κ2) is 7.93. The Morgan fingerprint density at radius 3 is 2.78 bits per heavy atom. The Bertz CT molecular complexity index is 342. The summed E-state index contributed by atoms with van der Waals surface area (Å²) in [6.07, 6.45) is 4.89. The molecule has 102 valence electrons. The Balaban J connectivity index is 2.57. The summed E-state index contributed by atoms with van der Waals surface area (Å²) >= 11 is 0. The summed E-state index contributed by atoms with van der Waals surface area (Å²) < 4.78 is 5.75. The van der Waals surface area contributed by atoms with E-state index in [1.807, 2.05) is 33.0 Å². The topological polar surface area (TPSA) is 45.6 Å². The predicted molar refractivity (Wildman–Crippen MR) is 74.2 cm³/mol. The SMILES string of the molecule is CC(C)Oc1cccnc1N(C)CCCCCO. The van der Waals surface area contributed by atoms with Gasteiger partial charge in [0.15, 0.2) is 11.6 Å². The molecule has 0 unspecified atom stereocenters. The Morgan fingerprint density at radius 2 is 2.11 bits per heavy atom. The first-order valence-corrected chi connectivity index (χ1v) is 6.58. The van der Waals surface area contributed by atoms with E-state index < -0.39 is 0 Å². The number of hydrogen-bond acceptors (Lipinski definition) is 4. The number of aromatic nitrogens is 1. The zero-order valence-corrected chi connectivity index (χ0v) is 11.6. The molecule has 1 heterocycles. The summed E-state index contributed by atoms with van der Waals surface area (Å²) in [5.41, 5.74) is 0. The number of anilines is 1. The Morgan fingerprint density at radius 1 is 1.33 bits per heavy atom. The molecular formula is C14H24N2O2. The highest BCUT2D eigenvalue weighted by Crippen LogP contribution is 2.25. The molecule has 0 amide bonds. The number of ether oxygens (including phenoxy) is 1. The van der Waals surface area contributed by atoms with Crippen molar-refractivity contribution in [3.63, 3.8) is 0 Å². The van der Waals surface area contributed by atoms with Gasteiger partial charge in [0, 0.05) is 26.4 Å². The van der Waals surface area contributed by atoms with Gasteiger partial charge in [-0.1, -0.05) is 0 Å². The molecular weight excluding hydrogens is 228 g/mol. The minimum absolute atomic E-state index is 0.149. The Labute approximate surface area is 110 Å². The lowest BCUT2D eigenvalue weighted by Gasteiger charge is -2.22. The molecule has 0 fully saturated rings. The lowest BCUT2D eigenvalue weighted by molar-refractivity contribution is 0.242. The molecule has 1 aromatic heterocycles. The first-order chi connectivity index (χ1) is 8.65. The van der Waals surface area contributed by atoms with Crippen LogP contribution in [0.15, 0.2) is 18.3 Å². The molecule has 18 heavy (non-hydrogen) atoms. The molecule has 0 atom stereocenters. The maximum Gasteiger partial charge on any atom is 0.171 e. The number of pyridine rings is 1. The number of hydrogen-bond donors (Lipinski definition) is 1. The molecule has 0 aliphatic rings. The Kier molecular flexibility index (Phi) is 6.50. The highest BCUT2D eigenvalue weighted by molar-refractivity contribution is 5.51. The number of aliphatic hydroxyl groups excluding tert-OH is 1. The van der Waals surface area contributed by atoms with Crippen LogP contribution in [0, 0.1) is 0 Å². The van der Waals surface area contributed by atoms with Crippen LogP contribution in [0.1, 0.15) is 33.1 Å². The molecule has 0 aromatic carbocycles. The van der Waals surface area contributed by atoms with Crippen LogP contribution in [0.5, 0.6) is 5.75 Å². The van der Waals surface area contributed by atoms with E-state index in [1.54, 1.807) is 6.20 Å². The van der Waals surface area contributed by atoms with E-state index in [2.05, 4.69) is 9.88 Å². The van der Waals surface area contributed by atoms with Gasteiger partial charge in [0.1, 0.15) is 0 Å². The molecule has 0 bridgehead atoms. The standard InChI is InChI=1S/C14H24N2O2/c1-12(2)18-13-8-7-9-15-14(13)16(3)10-5-4-6-11-17/h7-9,12,17H,4-6,10-11H2,1-3H3. The van der Waals surface area contributed by atoms with Gasteiger partial charge >= 0.3 is 0 Å². The zero-order valence-electron chi connectivity index (χ0n) is 11.6. The van der Waals surface area contributed by atoms with Crippen molar-refractivity contribution < 1.29 is 9.84 Å². The van der Waals surface area contributed by atoms with Gasteiger partial charge in [-0.25, -0.2) is 4.98 Å². The molecule has 4 nitrogen and oxygen atoms in total. The first kappa shape index (κ1) is 14.8. The zero-order chi connectivity index (χ0) is 13.4. The fourth-order valence-corrected chi connectivity index (χ4v) is 1.76. The van der Waals surface area contributed by atoms with E-state index in [1.165, 1.54) is 0 Å². The molecule has 1 rings (SSSR count). The van der Waals surface area contributed by atoms with Crippen molar-refractivity contribution in [3.8, 4) is 5.75 Å². The Hall–Kier alpha value is -1.29. The monoisotopic (exact) mass is 252 g/mol. The van der Waals surface area contributed by atoms with Crippen molar-refractivity contribution in [1.82, 2.24) is 4.98 Å². The first-order valence-electron chi connectivity index (χ1n) is 6.58. The summed E-state index contributed by atoms with van der Waals surface area (Å²) in [6.45, 7) is 5.22. The largest absolute Gasteiger partial charge is 0.487 e. The number of nitrogens with zero attached hydrogens (tertiary/aromatic N) is 2. The summed E-state index contributed by atoms with van der Waals surface area (Å²) in [7, 11) is 2.02. The lowest BCUT2D eigenvalue weighted by Crippen LogP contribution is -2.21. The number of unbranched alkanes of at least 4 members (excludes halogenated alkanes) is 2. The molecule has 0 saturated heterocycles. The van der Waals surface area contributed by atoms with Crippen molar-refractivity contribution in [3.05, 3.63) is 18.3 Å². The predicted octanol–water partition coefficient (Wildman–Crippen LogP) is 2.47. The van der Waals surface area contributed by atoms with Crippen LogP contribution in [0.3, 0.4) is 0 Å². The van der Waals surface area contributed by atoms with Crippen LogP contribution in [-0.4, -0.2) is 36.4 Å². The molecule has 0 spiro atoms. The van der Waals surface area contributed by atoms with Gasteiger partial charge in [-0.15, -0.1) is 0 Å². The van der Waals surface area contributed by atoms with E-state index in [-0.39, 0.29) is 12.7 Å². The fourth-order valence-electron chi connectivity index (χ4n) is 1.76. The average molecular weight is 252 g/mol. The molecule has 0 saturated carbocycles. The third-order valence-electron chi connectivity index (χ3n) is 2.63. The summed E-state index contributed by atoms with van der Waals surface area (Å²) in [5, 5.41) is 8.75. The van der Waals surface area contributed by atoms with Crippen LogP contribution in [0.4, 0.5) is 5.82 Å². The molecule has 0 aliphatic heterocycles. The van der Waals surface area contributed by atoms with E-state index in [0.29, 0.717) is 0 Å². The molecule has 4 heteroatoms. The van der Waals surface area contributed by atoms with Gasteiger partial charge in [0.2, 0.25) is 0 Å². The third-order valence-corrected chi connectivity index (χ3v) is 2.63. The highest BCUT2D eigenvalue weighted by Gasteiger charge is 2.10. The minimum Gasteiger partial charge on any atom is -0.487 e. The van der Waals surface area contributed by atoms with Crippen molar-refractivity contribution in [2.75, 3.05) is 25.1 Å². The maximum absolute atomic E-state index is 8.75. The second-order valence-corrected chi connectivity index (χ2v) is 4.70. The van der Waals surface area contributed by atoms with E-state index in [9.17, 15) is 0 Å². The summed E-state index contributed by atoms with van der Waals surface area (Å²) in [4.78, 5) is 6.49. The van der Waals surface area contributed by atoms with Crippen LogP contribution >= 0.6 is 0 Å². The van der Waals surface area contributed by atoms with Gasteiger partial charge in [0.05, 0.1) is 6.10 Å². The van der Waals surface area contributed by atoms with Gasteiger partial charge in [0.25, 0.3) is 0 Å². The molecule has 1 aromatic rings. The lowest BCUT2D eigenvalue weighted by atomic mass is 10.2. The third kappa shape index (κ3) is 4.92. The van der Waals surface area contributed by atoms with Gasteiger partial charge in [-0.3, -0.25) is 0 Å². The van der Waals surface area contributed by atoms with E-state index >= 15 is 0 Å². The van der Waals surface area contributed by atoms with E-state index in [4.69, 9.17) is 9.84 Å². The summed E-state index contributed by atoms with van der Waals surface area (Å²) in [6, 6.07) is 3.84. The van der Waals surface area contributed by atoms with Crippen molar-refractivity contribution in [1.29, 1.82) is 0 Å². The van der Waals surface area contributed by atoms with Gasteiger partial charge in [-0.05, 0) is 45.2 Å². The fraction of sp³-hybridized carbons (Fsp3) is 0.643. The van der Waals surface area contributed by atoms with Crippen molar-refractivity contribution >= 4 is 5.82 Å². The van der Waals surface area contributed by atoms with Crippen LogP contribution in [-0.2, 0) is 0 Å². The smallest absolute Gasteiger partial charge is 0.171 e. The quantitative estimate of drug-likeness (QED) is 0.722. The van der Waals surface area contributed by atoms with E-state index in [0.717, 1.165) is 37.4 Å². The van der Waals surface area contributed by atoms with Crippen LogP contribution in [0.25, 0.3) is 0 Å². The molecule has 0 aliphatic carbocycles. The summed E-state index contributed by atoms with van der Waals surface area (Å²) in [5.74, 6) is 1.72. The van der Waals surface area contributed by atoms with Crippen LogP contribution in [0.2, 0.25) is 0 Å². The number of aliphatic hydroxyl groups is 1. The van der Waals surface area contributed by atoms with Crippen molar-refractivity contribution in [2.24, 2.45) is 0 Å². The number of rotatable bonds is 8.